The SMILES string of the molecule is Cc1ccc(COCC(O)CNC2CC2)cc1. The van der Waals surface area contributed by atoms with Crippen molar-refractivity contribution in [3.8, 4) is 0 Å². The van der Waals surface area contributed by atoms with E-state index in [9.17, 15) is 5.11 Å². The van der Waals surface area contributed by atoms with Crippen molar-refractivity contribution >= 4 is 0 Å². The molecule has 3 heteroatoms. The van der Waals surface area contributed by atoms with Gasteiger partial charge in [0.2, 0.25) is 0 Å². The van der Waals surface area contributed by atoms with Gasteiger partial charge in [0.15, 0.2) is 0 Å². The monoisotopic (exact) mass is 235 g/mol. The predicted molar refractivity (Wildman–Crippen MR) is 67.9 cm³/mol. The molecule has 0 heterocycles. The quantitative estimate of drug-likeness (QED) is 0.754. The van der Waals surface area contributed by atoms with E-state index in [1.165, 1.54) is 18.4 Å². The zero-order chi connectivity index (χ0) is 12.1. The first-order valence-electron chi connectivity index (χ1n) is 6.29. The number of hydrogen-bond donors (Lipinski definition) is 2. The average Bonchev–Trinajstić information content (AvgIpc) is 3.13. The highest BCUT2D eigenvalue weighted by Crippen LogP contribution is 2.18. The highest BCUT2D eigenvalue weighted by atomic mass is 16.5. The van der Waals surface area contributed by atoms with Crippen LogP contribution in [0, 0.1) is 6.92 Å². The standard InChI is InChI=1S/C14H21NO2/c1-11-2-4-12(5-3-11)9-17-10-14(16)8-15-13-6-7-13/h2-5,13-16H,6-10H2,1H3. The molecule has 2 rings (SSSR count). The van der Waals surface area contributed by atoms with Crippen LogP contribution >= 0.6 is 0 Å². The van der Waals surface area contributed by atoms with Crippen LogP contribution in [0.15, 0.2) is 24.3 Å². The van der Waals surface area contributed by atoms with E-state index in [2.05, 4.69) is 36.5 Å². The smallest absolute Gasteiger partial charge is 0.0897 e. The molecule has 0 amide bonds. The van der Waals surface area contributed by atoms with E-state index in [4.69, 9.17) is 4.74 Å². The Morgan fingerprint density at radius 3 is 2.71 bits per heavy atom. The van der Waals surface area contributed by atoms with Crippen molar-refractivity contribution in [2.45, 2.75) is 38.5 Å². The van der Waals surface area contributed by atoms with E-state index < -0.39 is 6.10 Å². The molecular formula is C14H21NO2. The fraction of sp³-hybridized carbons (Fsp3) is 0.571. The Labute approximate surface area is 103 Å². The molecule has 0 aliphatic heterocycles. The van der Waals surface area contributed by atoms with E-state index >= 15 is 0 Å². The lowest BCUT2D eigenvalue weighted by Crippen LogP contribution is -2.31. The number of rotatable bonds is 7. The van der Waals surface area contributed by atoms with Gasteiger partial charge in [0, 0.05) is 12.6 Å². The molecule has 2 N–H and O–H groups in total. The Kier molecular flexibility index (Phi) is 4.54. The molecule has 1 saturated carbocycles. The molecule has 1 atom stereocenters. The number of aliphatic hydroxyl groups is 1. The van der Waals surface area contributed by atoms with Crippen LogP contribution in [-0.4, -0.2) is 30.4 Å². The molecule has 0 spiro atoms. The summed E-state index contributed by atoms with van der Waals surface area (Å²) in [6.07, 6.45) is 2.09. The Bertz CT molecular complexity index is 333. The van der Waals surface area contributed by atoms with Crippen LogP contribution in [0.5, 0.6) is 0 Å². The van der Waals surface area contributed by atoms with Crippen molar-refractivity contribution in [2.24, 2.45) is 0 Å². The van der Waals surface area contributed by atoms with E-state index in [-0.39, 0.29) is 0 Å². The van der Waals surface area contributed by atoms with Crippen molar-refractivity contribution < 1.29 is 9.84 Å². The minimum atomic E-state index is -0.402. The van der Waals surface area contributed by atoms with Gasteiger partial charge in [-0.05, 0) is 25.3 Å². The van der Waals surface area contributed by atoms with Gasteiger partial charge in [0.25, 0.3) is 0 Å². The number of nitrogens with one attached hydrogen (secondary N) is 1. The molecular weight excluding hydrogens is 214 g/mol. The van der Waals surface area contributed by atoms with Crippen molar-refractivity contribution in [3.63, 3.8) is 0 Å². The van der Waals surface area contributed by atoms with Crippen LogP contribution in [0.1, 0.15) is 24.0 Å². The van der Waals surface area contributed by atoms with Gasteiger partial charge in [-0.3, -0.25) is 0 Å². The lowest BCUT2D eigenvalue weighted by molar-refractivity contribution is 0.0287. The second-order valence-electron chi connectivity index (χ2n) is 4.84. The molecule has 1 aliphatic rings. The van der Waals surface area contributed by atoms with Gasteiger partial charge >= 0.3 is 0 Å². The normalized spacial score (nSPS) is 17.1. The topological polar surface area (TPSA) is 41.5 Å². The minimum Gasteiger partial charge on any atom is -0.389 e. The first-order valence-corrected chi connectivity index (χ1v) is 6.29. The second kappa shape index (κ2) is 6.15. The predicted octanol–water partition coefficient (Wildman–Crippen LogP) is 1.62. The lowest BCUT2D eigenvalue weighted by Gasteiger charge is -2.12. The highest BCUT2D eigenvalue weighted by molar-refractivity contribution is 5.20. The van der Waals surface area contributed by atoms with Crippen molar-refractivity contribution in [3.05, 3.63) is 35.4 Å². The summed E-state index contributed by atoms with van der Waals surface area (Å²) in [5, 5.41) is 12.9. The van der Waals surface area contributed by atoms with E-state index in [1.807, 2.05) is 0 Å². The van der Waals surface area contributed by atoms with Gasteiger partial charge < -0.3 is 15.2 Å². The van der Waals surface area contributed by atoms with Crippen LogP contribution in [0.2, 0.25) is 0 Å². The number of benzene rings is 1. The summed E-state index contributed by atoms with van der Waals surface area (Å²) in [6, 6.07) is 8.91. The molecule has 0 bridgehead atoms. The molecule has 0 aromatic heterocycles. The summed E-state index contributed by atoms with van der Waals surface area (Å²) < 4.78 is 5.48. The maximum Gasteiger partial charge on any atom is 0.0897 e. The van der Waals surface area contributed by atoms with Gasteiger partial charge in [0.05, 0.1) is 19.3 Å². The fourth-order valence-electron chi connectivity index (χ4n) is 1.65. The molecule has 94 valence electrons. The first kappa shape index (κ1) is 12.6. The third-order valence-electron chi connectivity index (χ3n) is 2.92. The largest absolute Gasteiger partial charge is 0.389 e. The third-order valence-corrected chi connectivity index (χ3v) is 2.92. The van der Waals surface area contributed by atoms with Gasteiger partial charge in [-0.2, -0.15) is 0 Å². The Balaban J connectivity index is 1.59. The van der Waals surface area contributed by atoms with Crippen molar-refractivity contribution in [2.75, 3.05) is 13.2 Å². The zero-order valence-electron chi connectivity index (χ0n) is 10.4. The zero-order valence-corrected chi connectivity index (χ0v) is 10.4. The van der Waals surface area contributed by atoms with Crippen LogP contribution in [0.3, 0.4) is 0 Å². The van der Waals surface area contributed by atoms with Gasteiger partial charge in [-0.25, -0.2) is 0 Å². The fourth-order valence-corrected chi connectivity index (χ4v) is 1.65. The molecule has 1 fully saturated rings. The van der Waals surface area contributed by atoms with E-state index in [0.717, 1.165) is 5.56 Å². The summed E-state index contributed by atoms with van der Waals surface area (Å²) in [6.45, 7) is 3.67. The number of hydrogen-bond acceptors (Lipinski definition) is 3. The first-order chi connectivity index (χ1) is 8.24. The number of aliphatic hydroxyl groups excluding tert-OH is 1. The summed E-state index contributed by atoms with van der Waals surface area (Å²) in [4.78, 5) is 0. The molecule has 17 heavy (non-hydrogen) atoms. The molecule has 1 unspecified atom stereocenters. The Morgan fingerprint density at radius 2 is 2.06 bits per heavy atom. The maximum absolute atomic E-state index is 9.66. The van der Waals surface area contributed by atoms with Crippen molar-refractivity contribution in [1.82, 2.24) is 5.32 Å². The average molecular weight is 235 g/mol. The van der Waals surface area contributed by atoms with E-state index in [1.54, 1.807) is 0 Å². The van der Waals surface area contributed by atoms with Gasteiger partial charge in [0.1, 0.15) is 0 Å². The molecule has 3 nitrogen and oxygen atoms in total. The highest BCUT2D eigenvalue weighted by Gasteiger charge is 2.21. The van der Waals surface area contributed by atoms with Crippen LogP contribution in [-0.2, 0) is 11.3 Å². The maximum atomic E-state index is 9.66. The van der Waals surface area contributed by atoms with Crippen LogP contribution in [0.4, 0.5) is 0 Å². The van der Waals surface area contributed by atoms with Crippen LogP contribution in [0.25, 0.3) is 0 Å². The van der Waals surface area contributed by atoms with Crippen molar-refractivity contribution in [1.29, 1.82) is 0 Å². The Morgan fingerprint density at radius 1 is 1.35 bits per heavy atom. The molecule has 1 aromatic rings. The minimum absolute atomic E-state index is 0.396. The molecule has 1 aliphatic carbocycles. The molecule has 0 saturated heterocycles. The summed E-state index contributed by atoms with van der Waals surface area (Å²) in [7, 11) is 0. The molecule has 1 aromatic carbocycles. The lowest BCUT2D eigenvalue weighted by atomic mass is 10.2. The number of aryl methyl sites for hydroxylation is 1. The summed E-state index contributed by atoms with van der Waals surface area (Å²) >= 11 is 0. The Hall–Kier alpha value is -0.900. The van der Waals surface area contributed by atoms with Gasteiger partial charge in [-0.15, -0.1) is 0 Å². The third kappa shape index (κ3) is 4.86. The summed E-state index contributed by atoms with van der Waals surface area (Å²) in [5.74, 6) is 0. The number of ether oxygens (including phenoxy) is 1. The summed E-state index contributed by atoms with van der Waals surface area (Å²) in [5.41, 5.74) is 2.40. The molecule has 0 radical (unpaired) electrons. The van der Waals surface area contributed by atoms with Gasteiger partial charge in [-0.1, -0.05) is 29.8 Å². The van der Waals surface area contributed by atoms with E-state index in [0.29, 0.717) is 25.8 Å². The second-order valence-corrected chi connectivity index (χ2v) is 4.84. The van der Waals surface area contributed by atoms with Crippen LogP contribution < -0.4 is 5.32 Å².